The van der Waals surface area contributed by atoms with Crippen LogP contribution < -0.4 is 14.4 Å². The minimum absolute atomic E-state index is 0.363. The lowest BCUT2D eigenvalue weighted by atomic mass is 9.79. The average molecular weight is 501 g/mol. The molecular weight excluding hydrogens is 460 g/mol. The van der Waals surface area contributed by atoms with Gasteiger partial charge in [-0.2, -0.15) is 0 Å². The number of aryl methyl sites for hydroxylation is 1. The summed E-state index contributed by atoms with van der Waals surface area (Å²) in [6, 6.07) is 21.0. The molecular formula is C32H40N2O3. The highest BCUT2D eigenvalue weighted by Gasteiger charge is 2.24. The number of ether oxygens (including phenoxy) is 2. The number of aromatic hydroxyl groups is 1. The maximum absolute atomic E-state index is 9.89. The lowest BCUT2D eigenvalue weighted by molar-refractivity contribution is 0.238. The molecule has 1 unspecified atom stereocenters. The standard InChI is InChI=1S/C32H40N2O3/c1-3-34(23-24-6-12-29(13-7-24)37-19-18-33-16-4-5-17-33)32-22-30(36-2)14-15-31(32)27-9-8-26-21-28(35)11-10-25(26)20-27/h6-7,10-15,21-22,27,35H,3-5,8-9,16-20,23H2,1-2H3. The minimum atomic E-state index is 0.363. The zero-order valence-corrected chi connectivity index (χ0v) is 22.3. The molecule has 1 heterocycles. The van der Waals surface area contributed by atoms with Crippen molar-refractivity contribution < 1.29 is 14.6 Å². The Morgan fingerprint density at radius 2 is 1.73 bits per heavy atom. The van der Waals surface area contributed by atoms with Crippen molar-refractivity contribution in [2.75, 3.05) is 44.8 Å². The van der Waals surface area contributed by atoms with Crippen LogP contribution in [0, 0.1) is 0 Å². The van der Waals surface area contributed by atoms with Crippen LogP contribution in [0.5, 0.6) is 17.2 Å². The maximum atomic E-state index is 9.89. The molecule has 1 aliphatic carbocycles. The number of rotatable bonds is 10. The van der Waals surface area contributed by atoms with Crippen LogP contribution in [0.4, 0.5) is 5.69 Å². The van der Waals surface area contributed by atoms with E-state index < -0.39 is 0 Å². The molecule has 1 aliphatic heterocycles. The SMILES string of the molecule is CCN(Cc1ccc(OCCN2CCCC2)cc1)c1cc(OC)ccc1C1CCc2cc(O)ccc2C1. The number of nitrogens with zero attached hydrogens (tertiary/aromatic N) is 2. The van der Waals surface area contributed by atoms with Gasteiger partial charge >= 0.3 is 0 Å². The van der Waals surface area contributed by atoms with E-state index in [0.29, 0.717) is 11.7 Å². The van der Waals surface area contributed by atoms with E-state index in [0.717, 1.165) is 57.0 Å². The summed E-state index contributed by atoms with van der Waals surface area (Å²) >= 11 is 0. The van der Waals surface area contributed by atoms with Crippen LogP contribution in [-0.2, 0) is 19.4 Å². The van der Waals surface area contributed by atoms with Gasteiger partial charge in [0, 0.05) is 31.4 Å². The lowest BCUT2D eigenvalue weighted by Crippen LogP contribution is -2.25. The molecule has 1 saturated heterocycles. The zero-order chi connectivity index (χ0) is 25.6. The van der Waals surface area contributed by atoms with Crippen LogP contribution in [0.1, 0.15) is 54.4 Å². The minimum Gasteiger partial charge on any atom is -0.508 e. The van der Waals surface area contributed by atoms with Gasteiger partial charge in [-0.15, -0.1) is 0 Å². The summed E-state index contributed by atoms with van der Waals surface area (Å²) in [4.78, 5) is 4.93. The predicted molar refractivity (Wildman–Crippen MR) is 150 cm³/mol. The van der Waals surface area contributed by atoms with Gasteiger partial charge in [0.15, 0.2) is 0 Å². The first-order valence-corrected chi connectivity index (χ1v) is 13.8. The zero-order valence-electron chi connectivity index (χ0n) is 22.3. The van der Waals surface area contributed by atoms with Crippen LogP contribution >= 0.6 is 0 Å². The van der Waals surface area contributed by atoms with Gasteiger partial charge in [-0.05, 0) is 111 Å². The topological polar surface area (TPSA) is 45.2 Å². The van der Waals surface area contributed by atoms with Crippen LogP contribution in [0.2, 0.25) is 0 Å². The normalized spacial score (nSPS) is 17.4. The molecule has 3 aromatic rings. The largest absolute Gasteiger partial charge is 0.508 e. The summed E-state index contributed by atoms with van der Waals surface area (Å²) in [5.74, 6) is 2.64. The number of hydrogen-bond acceptors (Lipinski definition) is 5. The Balaban J connectivity index is 1.29. The first kappa shape index (κ1) is 25.5. The van der Waals surface area contributed by atoms with Gasteiger partial charge in [0.05, 0.1) is 7.11 Å². The molecule has 1 fully saturated rings. The molecule has 5 heteroatoms. The summed E-state index contributed by atoms with van der Waals surface area (Å²) in [5, 5.41) is 9.89. The second-order valence-corrected chi connectivity index (χ2v) is 10.4. The van der Waals surface area contributed by atoms with Crippen molar-refractivity contribution in [3.8, 4) is 17.2 Å². The van der Waals surface area contributed by atoms with Crippen LogP contribution in [0.15, 0.2) is 60.7 Å². The first-order chi connectivity index (χ1) is 18.1. The molecule has 1 N–H and O–H groups in total. The summed E-state index contributed by atoms with van der Waals surface area (Å²) in [6.07, 6.45) is 5.70. The lowest BCUT2D eigenvalue weighted by Gasteiger charge is -2.32. The highest BCUT2D eigenvalue weighted by Crippen LogP contribution is 2.40. The molecule has 0 bridgehead atoms. The second-order valence-electron chi connectivity index (χ2n) is 10.4. The third-order valence-electron chi connectivity index (χ3n) is 7.99. The Morgan fingerprint density at radius 1 is 0.946 bits per heavy atom. The van der Waals surface area contributed by atoms with Crippen molar-refractivity contribution in [3.63, 3.8) is 0 Å². The van der Waals surface area contributed by atoms with Gasteiger partial charge < -0.3 is 19.5 Å². The van der Waals surface area contributed by atoms with Crippen LogP contribution in [0.3, 0.4) is 0 Å². The Labute approximate surface area is 221 Å². The van der Waals surface area contributed by atoms with Gasteiger partial charge in [0.25, 0.3) is 0 Å². The van der Waals surface area contributed by atoms with E-state index in [2.05, 4.69) is 65.3 Å². The first-order valence-electron chi connectivity index (χ1n) is 13.8. The average Bonchev–Trinajstić information content (AvgIpc) is 3.45. The van der Waals surface area contributed by atoms with Crippen molar-refractivity contribution in [2.45, 2.75) is 51.5 Å². The number of fused-ring (bicyclic) bond motifs is 1. The van der Waals surface area contributed by atoms with E-state index in [-0.39, 0.29) is 0 Å². The van der Waals surface area contributed by atoms with Crippen molar-refractivity contribution in [2.24, 2.45) is 0 Å². The molecule has 5 rings (SSSR count). The van der Waals surface area contributed by atoms with E-state index in [1.807, 2.05) is 12.1 Å². The molecule has 1 atom stereocenters. The Hall–Kier alpha value is -3.18. The van der Waals surface area contributed by atoms with E-state index in [9.17, 15) is 5.11 Å². The molecule has 0 saturated carbocycles. The van der Waals surface area contributed by atoms with E-state index in [1.165, 1.54) is 53.9 Å². The van der Waals surface area contributed by atoms with E-state index in [4.69, 9.17) is 9.47 Å². The Morgan fingerprint density at radius 3 is 2.49 bits per heavy atom. The number of phenolic OH excluding ortho intramolecular Hbond substituents is 1. The highest BCUT2D eigenvalue weighted by atomic mass is 16.5. The van der Waals surface area contributed by atoms with E-state index >= 15 is 0 Å². The number of phenols is 1. The Bertz CT molecular complexity index is 1170. The number of methoxy groups -OCH3 is 1. The van der Waals surface area contributed by atoms with Gasteiger partial charge in [0.1, 0.15) is 23.9 Å². The summed E-state index contributed by atoms with van der Waals surface area (Å²) in [7, 11) is 1.74. The van der Waals surface area contributed by atoms with Gasteiger partial charge in [-0.3, -0.25) is 4.90 Å². The smallest absolute Gasteiger partial charge is 0.120 e. The molecule has 3 aromatic carbocycles. The number of hydrogen-bond donors (Lipinski definition) is 1. The maximum Gasteiger partial charge on any atom is 0.120 e. The van der Waals surface area contributed by atoms with Crippen LogP contribution in [0.25, 0.3) is 0 Å². The summed E-state index contributed by atoms with van der Waals surface area (Å²) < 4.78 is 11.6. The molecule has 196 valence electrons. The molecule has 5 nitrogen and oxygen atoms in total. The third kappa shape index (κ3) is 6.22. The van der Waals surface area contributed by atoms with Crippen LogP contribution in [-0.4, -0.2) is 49.9 Å². The van der Waals surface area contributed by atoms with Crippen molar-refractivity contribution >= 4 is 5.69 Å². The molecule has 2 aliphatic rings. The number of benzene rings is 3. The summed E-state index contributed by atoms with van der Waals surface area (Å²) in [6.45, 7) is 8.14. The molecule has 0 aromatic heterocycles. The van der Waals surface area contributed by atoms with Gasteiger partial charge in [-0.25, -0.2) is 0 Å². The van der Waals surface area contributed by atoms with Crippen molar-refractivity contribution in [1.29, 1.82) is 0 Å². The monoisotopic (exact) mass is 500 g/mol. The quantitative estimate of drug-likeness (QED) is 0.360. The molecule has 0 amide bonds. The molecule has 37 heavy (non-hydrogen) atoms. The van der Waals surface area contributed by atoms with Gasteiger partial charge in [0.2, 0.25) is 0 Å². The Kier molecular flexibility index (Phi) is 8.20. The van der Waals surface area contributed by atoms with E-state index in [1.54, 1.807) is 7.11 Å². The highest BCUT2D eigenvalue weighted by molar-refractivity contribution is 5.60. The third-order valence-corrected chi connectivity index (χ3v) is 7.99. The van der Waals surface area contributed by atoms with Crippen molar-refractivity contribution in [3.05, 3.63) is 82.9 Å². The number of anilines is 1. The number of likely N-dealkylation sites (tertiary alicyclic amines) is 1. The summed E-state index contributed by atoms with van der Waals surface area (Å²) in [5.41, 5.74) is 6.52. The van der Waals surface area contributed by atoms with Crippen molar-refractivity contribution in [1.82, 2.24) is 4.90 Å². The second kappa shape index (κ2) is 11.9. The fourth-order valence-corrected chi connectivity index (χ4v) is 5.85. The fraction of sp³-hybridized carbons (Fsp3) is 0.438. The fourth-order valence-electron chi connectivity index (χ4n) is 5.85. The molecule has 0 spiro atoms. The predicted octanol–water partition coefficient (Wildman–Crippen LogP) is 6.17. The van der Waals surface area contributed by atoms with Gasteiger partial charge in [-0.1, -0.05) is 24.3 Å². The molecule has 0 radical (unpaired) electrons.